The number of alkyl halides is 2. The van der Waals surface area contributed by atoms with Crippen molar-refractivity contribution in [3.05, 3.63) is 24.3 Å². The van der Waals surface area contributed by atoms with Crippen molar-refractivity contribution in [2.45, 2.75) is 29.6 Å². The van der Waals surface area contributed by atoms with Gasteiger partial charge in [0.15, 0.2) is 0 Å². The molecule has 0 aliphatic carbocycles. The van der Waals surface area contributed by atoms with E-state index in [4.69, 9.17) is 4.74 Å². The summed E-state index contributed by atoms with van der Waals surface area (Å²) >= 11 is 0.571. The molecule has 1 fully saturated rings. The Morgan fingerprint density at radius 3 is 2.94 bits per heavy atom. The number of halogens is 2. The maximum Gasteiger partial charge on any atom is 0.288 e. The van der Waals surface area contributed by atoms with E-state index in [1.165, 1.54) is 0 Å². The van der Waals surface area contributed by atoms with Gasteiger partial charge in [0.25, 0.3) is 5.76 Å². The van der Waals surface area contributed by atoms with Gasteiger partial charge in [-0.25, -0.2) is 0 Å². The molecule has 0 amide bonds. The first kappa shape index (κ1) is 12.6. The second kappa shape index (κ2) is 6.21. The van der Waals surface area contributed by atoms with Crippen LogP contribution in [0.2, 0.25) is 0 Å². The molecule has 1 unspecified atom stereocenters. The van der Waals surface area contributed by atoms with Crippen molar-refractivity contribution in [3.8, 4) is 0 Å². The SMILES string of the molecule is FC(F)Sc1ccccc1NCC1CCCO1. The molecule has 1 aliphatic rings. The molecule has 0 aromatic heterocycles. The minimum Gasteiger partial charge on any atom is -0.382 e. The topological polar surface area (TPSA) is 21.3 Å². The van der Waals surface area contributed by atoms with E-state index in [0.717, 1.165) is 25.1 Å². The summed E-state index contributed by atoms with van der Waals surface area (Å²) in [4.78, 5) is 0.584. The first-order valence-electron chi connectivity index (χ1n) is 5.65. The van der Waals surface area contributed by atoms with Crippen LogP contribution in [-0.4, -0.2) is 25.0 Å². The highest BCUT2D eigenvalue weighted by Gasteiger charge is 2.16. The minimum absolute atomic E-state index is 0.208. The van der Waals surface area contributed by atoms with Crippen molar-refractivity contribution in [2.24, 2.45) is 0 Å². The summed E-state index contributed by atoms with van der Waals surface area (Å²) in [7, 11) is 0. The smallest absolute Gasteiger partial charge is 0.288 e. The number of hydrogen-bond donors (Lipinski definition) is 1. The molecule has 1 atom stereocenters. The van der Waals surface area contributed by atoms with Gasteiger partial charge in [0.1, 0.15) is 0 Å². The van der Waals surface area contributed by atoms with E-state index in [-0.39, 0.29) is 6.10 Å². The third kappa shape index (κ3) is 3.85. The molecule has 0 saturated carbocycles. The number of thioether (sulfide) groups is 1. The molecular formula is C12H15F2NOS. The Hall–Kier alpha value is -0.810. The highest BCUT2D eigenvalue weighted by Crippen LogP contribution is 2.31. The number of benzene rings is 1. The molecule has 94 valence electrons. The Balaban J connectivity index is 1.94. The molecule has 1 heterocycles. The summed E-state index contributed by atoms with van der Waals surface area (Å²) in [6.07, 6.45) is 2.33. The van der Waals surface area contributed by atoms with Crippen LogP contribution in [0.4, 0.5) is 14.5 Å². The van der Waals surface area contributed by atoms with Crippen LogP contribution in [0.1, 0.15) is 12.8 Å². The van der Waals surface area contributed by atoms with Gasteiger partial charge in [-0.2, -0.15) is 8.78 Å². The second-order valence-electron chi connectivity index (χ2n) is 3.89. The first-order chi connectivity index (χ1) is 8.25. The van der Waals surface area contributed by atoms with Crippen LogP contribution in [0, 0.1) is 0 Å². The van der Waals surface area contributed by atoms with Gasteiger partial charge in [-0.05, 0) is 25.0 Å². The number of anilines is 1. The zero-order valence-electron chi connectivity index (χ0n) is 9.36. The Morgan fingerprint density at radius 1 is 1.41 bits per heavy atom. The Morgan fingerprint density at radius 2 is 2.24 bits per heavy atom. The number of rotatable bonds is 5. The summed E-state index contributed by atoms with van der Waals surface area (Å²) < 4.78 is 30.2. The third-order valence-corrected chi connectivity index (χ3v) is 3.44. The lowest BCUT2D eigenvalue weighted by Crippen LogP contribution is -2.18. The summed E-state index contributed by atoms with van der Waals surface area (Å²) in [5.74, 6) is -2.39. The highest BCUT2D eigenvalue weighted by atomic mass is 32.2. The molecule has 1 aromatic carbocycles. The highest BCUT2D eigenvalue weighted by molar-refractivity contribution is 7.99. The number of ether oxygens (including phenoxy) is 1. The molecule has 0 bridgehead atoms. The Bertz CT molecular complexity index is 356. The molecule has 1 aromatic rings. The van der Waals surface area contributed by atoms with Gasteiger partial charge in [-0.3, -0.25) is 0 Å². The molecular weight excluding hydrogens is 244 g/mol. The average Bonchev–Trinajstić information content (AvgIpc) is 2.80. The normalized spacial score (nSPS) is 19.8. The van der Waals surface area contributed by atoms with Crippen LogP contribution in [0.15, 0.2) is 29.2 Å². The summed E-state index contributed by atoms with van der Waals surface area (Å²) in [6.45, 7) is 1.49. The fourth-order valence-corrected chi connectivity index (χ4v) is 2.46. The van der Waals surface area contributed by atoms with Crippen LogP contribution in [0.5, 0.6) is 0 Å². The van der Waals surface area contributed by atoms with E-state index in [1.807, 2.05) is 12.1 Å². The van der Waals surface area contributed by atoms with E-state index < -0.39 is 5.76 Å². The molecule has 1 N–H and O–H groups in total. The molecule has 1 saturated heterocycles. The van der Waals surface area contributed by atoms with Gasteiger partial charge in [-0.15, -0.1) is 0 Å². The molecule has 1 aliphatic heterocycles. The lowest BCUT2D eigenvalue weighted by Gasteiger charge is -2.14. The molecule has 0 radical (unpaired) electrons. The molecule has 2 rings (SSSR count). The predicted molar refractivity (Wildman–Crippen MR) is 65.8 cm³/mol. The summed E-state index contributed by atoms with van der Waals surface area (Å²) in [5.41, 5.74) is 0.758. The monoisotopic (exact) mass is 259 g/mol. The maximum absolute atomic E-state index is 12.4. The quantitative estimate of drug-likeness (QED) is 0.816. The van der Waals surface area contributed by atoms with E-state index in [9.17, 15) is 8.78 Å². The number of nitrogens with one attached hydrogen (secondary N) is 1. The lowest BCUT2D eigenvalue weighted by atomic mass is 10.2. The molecule has 5 heteroatoms. The number of para-hydroxylation sites is 1. The first-order valence-corrected chi connectivity index (χ1v) is 6.53. The van der Waals surface area contributed by atoms with E-state index in [1.54, 1.807) is 12.1 Å². The van der Waals surface area contributed by atoms with Crippen LogP contribution in [0.3, 0.4) is 0 Å². The zero-order valence-corrected chi connectivity index (χ0v) is 10.2. The summed E-state index contributed by atoms with van der Waals surface area (Å²) in [6, 6.07) is 7.13. The van der Waals surface area contributed by atoms with Crippen molar-refractivity contribution in [1.82, 2.24) is 0 Å². The fourth-order valence-electron chi connectivity index (χ4n) is 1.84. The van der Waals surface area contributed by atoms with Gasteiger partial charge in [-0.1, -0.05) is 23.9 Å². The third-order valence-electron chi connectivity index (χ3n) is 2.65. The number of hydrogen-bond acceptors (Lipinski definition) is 3. The van der Waals surface area contributed by atoms with Crippen molar-refractivity contribution < 1.29 is 13.5 Å². The van der Waals surface area contributed by atoms with Crippen molar-refractivity contribution in [2.75, 3.05) is 18.5 Å². The van der Waals surface area contributed by atoms with Gasteiger partial charge < -0.3 is 10.1 Å². The van der Waals surface area contributed by atoms with Crippen molar-refractivity contribution in [1.29, 1.82) is 0 Å². The fraction of sp³-hybridized carbons (Fsp3) is 0.500. The van der Waals surface area contributed by atoms with E-state index in [0.29, 0.717) is 23.2 Å². The van der Waals surface area contributed by atoms with E-state index in [2.05, 4.69) is 5.32 Å². The lowest BCUT2D eigenvalue weighted by molar-refractivity contribution is 0.120. The van der Waals surface area contributed by atoms with Crippen molar-refractivity contribution in [3.63, 3.8) is 0 Å². The molecule has 0 spiro atoms. The van der Waals surface area contributed by atoms with E-state index >= 15 is 0 Å². The summed E-state index contributed by atoms with van der Waals surface area (Å²) in [5, 5.41) is 3.18. The van der Waals surface area contributed by atoms with Gasteiger partial charge in [0.2, 0.25) is 0 Å². The minimum atomic E-state index is -2.39. The van der Waals surface area contributed by atoms with Crippen LogP contribution >= 0.6 is 11.8 Å². The largest absolute Gasteiger partial charge is 0.382 e. The zero-order chi connectivity index (χ0) is 12.1. The van der Waals surface area contributed by atoms with Crippen LogP contribution in [-0.2, 0) is 4.74 Å². The standard InChI is InChI=1S/C12H15F2NOS/c13-12(14)17-11-6-2-1-5-10(11)15-8-9-4-3-7-16-9/h1-2,5-6,9,12,15H,3-4,7-8H2. The Labute approximate surface area is 104 Å². The van der Waals surface area contributed by atoms with Crippen molar-refractivity contribution >= 4 is 17.4 Å². The maximum atomic E-state index is 12.4. The Kier molecular flexibility index (Phi) is 4.62. The van der Waals surface area contributed by atoms with Gasteiger partial charge >= 0.3 is 0 Å². The van der Waals surface area contributed by atoms with Gasteiger partial charge in [0, 0.05) is 23.7 Å². The predicted octanol–water partition coefficient (Wildman–Crippen LogP) is 3.59. The molecule has 2 nitrogen and oxygen atoms in total. The second-order valence-corrected chi connectivity index (χ2v) is 4.92. The van der Waals surface area contributed by atoms with Crippen LogP contribution in [0.25, 0.3) is 0 Å². The average molecular weight is 259 g/mol. The van der Waals surface area contributed by atoms with Gasteiger partial charge in [0.05, 0.1) is 6.10 Å². The van der Waals surface area contributed by atoms with Crippen LogP contribution < -0.4 is 5.32 Å². The molecule has 17 heavy (non-hydrogen) atoms.